The van der Waals surface area contributed by atoms with E-state index >= 15 is 0 Å². The summed E-state index contributed by atoms with van der Waals surface area (Å²) >= 11 is 0. The van der Waals surface area contributed by atoms with Crippen molar-refractivity contribution in [1.29, 1.82) is 5.26 Å². The molecule has 0 bridgehead atoms. The SMILES string of the molecule is CC=O.CNCCCOCCOCCOCCOCC(COO)OP(OCCC#N)N(C(C)C)C(C)C.[Ir]. The molecule has 0 rings (SSSR count). The molecule has 0 aromatic rings. The van der Waals surface area contributed by atoms with E-state index in [9.17, 15) is 0 Å². The number of ether oxygens (including phenoxy) is 4. The molecule has 0 amide bonds. The number of nitrogens with zero attached hydrogens (tertiary/aromatic N) is 2. The van der Waals surface area contributed by atoms with Crippen molar-refractivity contribution < 1.29 is 63.0 Å². The summed E-state index contributed by atoms with van der Waals surface area (Å²) in [5, 5.41) is 20.9. The van der Waals surface area contributed by atoms with Gasteiger partial charge in [-0.25, -0.2) is 9.56 Å². The molecule has 12 nitrogen and oxygen atoms in total. The van der Waals surface area contributed by atoms with Crippen LogP contribution in [0.5, 0.6) is 0 Å². The Morgan fingerprint density at radius 1 is 0.921 bits per heavy atom. The molecule has 0 fully saturated rings. The van der Waals surface area contributed by atoms with Crippen molar-refractivity contribution in [3.63, 3.8) is 0 Å². The molecule has 0 spiro atoms. The van der Waals surface area contributed by atoms with Crippen molar-refractivity contribution >= 4 is 14.8 Å². The van der Waals surface area contributed by atoms with Crippen molar-refractivity contribution in [2.24, 2.45) is 0 Å². The molecular weight excluding hydrogens is 697 g/mol. The fourth-order valence-electron chi connectivity index (χ4n) is 2.84. The number of carbonyl (C=O) groups excluding carboxylic acids is 1. The predicted octanol–water partition coefficient (Wildman–Crippen LogP) is 3.02. The van der Waals surface area contributed by atoms with E-state index < -0.39 is 14.6 Å². The van der Waals surface area contributed by atoms with E-state index in [4.69, 9.17) is 43.3 Å². The second kappa shape index (κ2) is 33.0. The van der Waals surface area contributed by atoms with Crippen molar-refractivity contribution in [3.8, 4) is 6.07 Å². The molecule has 14 heteroatoms. The van der Waals surface area contributed by atoms with Crippen LogP contribution in [0.1, 0.15) is 47.5 Å². The van der Waals surface area contributed by atoms with E-state index in [0.717, 1.165) is 25.9 Å². The number of aldehydes is 1. The summed E-state index contributed by atoms with van der Waals surface area (Å²) in [6, 6.07) is 2.41. The second-order valence-electron chi connectivity index (χ2n) is 8.17. The van der Waals surface area contributed by atoms with Gasteiger partial charge in [0.1, 0.15) is 19.0 Å². The molecule has 2 atom stereocenters. The van der Waals surface area contributed by atoms with Crippen LogP contribution in [0, 0.1) is 11.3 Å². The minimum absolute atomic E-state index is 0. The molecule has 1 radical (unpaired) electrons. The summed E-state index contributed by atoms with van der Waals surface area (Å²) in [7, 11) is 0.462. The largest absolute Gasteiger partial charge is 0.379 e. The Morgan fingerprint density at radius 3 is 1.87 bits per heavy atom. The van der Waals surface area contributed by atoms with Crippen LogP contribution in [0.4, 0.5) is 0 Å². The third-order valence-corrected chi connectivity index (χ3v) is 6.48. The van der Waals surface area contributed by atoms with E-state index in [0.29, 0.717) is 39.6 Å². The zero-order valence-corrected chi connectivity index (χ0v) is 27.2. The molecule has 0 heterocycles. The van der Waals surface area contributed by atoms with Crippen LogP contribution in [-0.4, -0.2) is 114 Å². The smallest absolute Gasteiger partial charge is 0.259 e. The van der Waals surface area contributed by atoms with Crippen LogP contribution in [0.3, 0.4) is 0 Å². The van der Waals surface area contributed by atoms with E-state index in [1.165, 1.54) is 6.92 Å². The summed E-state index contributed by atoms with van der Waals surface area (Å²) in [5.74, 6) is 0. The summed E-state index contributed by atoms with van der Waals surface area (Å²) in [5.41, 5.74) is 0. The summed E-state index contributed by atoms with van der Waals surface area (Å²) in [6.45, 7) is 14.6. The maximum Gasteiger partial charge on any atom is 0.259 e. The van der Waals surface area contributed by atoms with Crippen molar-refractivity contribution in [3.05, 3.63) is 0 Å². The molecule has 0 saturated carbocycles. The third-order valence-electron chi connectivity index (χ3n) is 4.30. The van der Waals surface area contributed by atoms with Crippen molar-refractivity contribution in [2.45, 2.75) is 65.6 Å². The molecule has 0 aromatic carbocycles. The normalized spacial score (nSPS) is 12.6. The average molecular weight is 748 g/mol. The first-order valence-electron chi connectivity index (χ1n) is 12.8. The minimum atomic E-state index is -1.46. The van der Waals surface area contributed by atoms with Gasteiger partial charge >= 0.3 is 0 Å². The van der Waals surface area contributed by atoms with Crippen LogP contribution >= 0.6 is 8.53 Å². The van der Waals surface area contributed by atoms with Gasteiger partial charge in [-0.2, -0.15) is 5.26 Å². The molecule has 0 saturated heterocycles. The number of nitrogens with one attached hydrogen (secondary N) is 1. The number of hydrogen-bond donors (Lipinski definition) is 2. The Balaban J connectivity index is -0.00000291. The number of nitriles is 1. The third kappa shape index (κ3) is 27.4. The van der Waals surface area contributed by atoms with Gasteiger partial charge in [0, 0.05) is 38.8 Å². The summed E-state index contributed by atoms with van der Waals surface area (Å²) in [4.78, 5) is 13.1. The van der Waals surface area contributed by atoms with Gasteiger partial charge in [-0.15, -0.1) is 0 Å². The predicted molar refractivity (Wildman–Crippen MR) is 142 cm³/mol. The number of rotatable bonds is 25. The summed E-state index contributed by atoms with van der Waals surface area (Å²) in [6.07, 6.45) is 1.48. The van der Waals surface area contributed by atoms with Gasteiger partial charge in [-0.05, 0) is 54.6 Å². The van der Waals surface area contributed by atoms with Gasteiger partial charge in [-0.3, -0.25) is 5.26 Å². The Kier molecular flexibility index (Phi) is 36.8. The summed E-state index contributed by atoms with van der Waals surface area (Å²) < 4.78 is 36.1. The first-order valence-corrected chi connectivity index (χ1v) is 13.9. The van der Waals surface area contributed by atoms with Crippen LogP contribution in [-0.2, 0) is 57.8 Å². The fraction of sp³-hybridized carbons (Fsp3) is 0.917. The van der Waals surface area contributed by atoms with Crippen molar-refractivity contribution in [2.75, 3.05) is 79.7 Å². The minimum Gasteiger partial charge on any atom is -0.379 e. The van der Waals surface area contributed by atoms with Crippen LogP contribution in [0.2, 0.25) is 0 Å². The van der Waals surface area contributed by atoms with E-state index in [2.05, 4.69) is 48.6 Å². The Morgan fingerprint density at radius 2 is 1.42 bits per heavy atom. The van der Waals surface area contributed by atoms with E-state index in [1.54, 1.807) is 0 Å². The Labute approximate surface area is 244 Å². The second-order valence-corrected chi connectivity index (χ2v) is 9.58. The zero-order valence-electron chi connectivity index (χ0n) is 23.9. The quantitative estimate of drug-likeness (QED) is 0.0467. The molecule has 38 heavy (non-hydrogen) atoms. The van der Waals surface area contributed by atoms with E-state index in [1.807, 2.05) is 7.05 Å². The fourth-order valence-corrected chi connectivity index (χ4v) is 4.52. The Bertz CT molecular complexity index is 527. The first kappa shape index (κ1) is 42.3. The first-order chi connectivity index (χ1) is 17.9. The maximum absolute atomic E-state index is 8.96. The van der Waals surface area contributed by atoms with E-state index in [-0.39, 0.29) is 58.4 Å². The maximum atomic E-state index is 8.96. The Hall–Kier alpha value is -0.161. The van der Waals surface area contributed by atoms with Gasteiger partial charge in [0.25, 0.3) is 8.53 Å². The van der Waals surface area contributed by atoms with Crippen molar-refractivity contribution in [1.82, 2.24) is 9.99 Å². The van der Waals surface area contributed by atoms with Crippen LogP contribution in [0.15, 0.2) is 0 Å². The monoisotopic (exact) mass is 748 g/mol. The van der Waals surface area contributed by atoms with Gasteiger partial charge in [0.15, 0.2) is 0 Å². The molecule has 0 aliphatic rings. The molecule has 2 unspecified atom stereocenters. The molecule has 2 N–H and O–H groups in total. The van der Waals surface area contributed by atoms with Crippen LogP contribution < -0.4 is 5.32 Å². The molecule has 229 valence electrons. The van der Waals surface area contributed by atoms with Gasteiger partial charge in [0.2, 0.25) is 0 Å². The van der Waals surface area contributed by atoms with Gasteiger partial charge in [0.05, 0.1) is 65.3 Å². The molecule has 0 aliphatic carbocycles. The topological polar surface area (TPSA) is 141 Å². The van der Waals surface area contributed by atoms with Gasteiger partial charge in [-0.1, -0.05) is 0 Å². The zero-order chi connectivity index (χ0) is 28.2. The molecular formula is C24H50IrN3O9P. The molecule has 0 aromatic heterocycles. The number of hydrogen-bond acceptors (Lipinski definition) is 12. The number of carbonyl (C=O) groups is 1. The standard InChI is InChI=1S/C22H46N3O8P.C2H4O.Ir/c1-20(2)25(21(3)4)34(32-11-6-8-23)33-22(19-31-26)18-30-17-16-29-15-14-28-13-12-27-10-7-9-24-5;1-2-3;/h20-22,24,26H,6-7,9-19H2,1-5H3;2H,1H3;. The average Bonchev–Trinajstić information content (AvgIpc) is 2.84. The molecule has 0 aliphatic heterocycles. The van der Waals surface area contributed by atoms with Crippen LogP contribution in [0.25, 0.3) is 0 Å². The van der Waals surface area contributed by atoms with Gasteiger partial charge < -0.3 is 38.1 Å².